The molecule has 0 aliphatic rings. The van der Waals surface area contributed by atoms with Gasteiger partial charge in [0.15, 0.2) is 0 Å². The molecular weight excluding hydrogens is 474 g/mol. The largest absolute Gasteiger partial charge is 0.359 e. The maximum atomic E-state index is 12.9. The highest BCUT2D eigenvalue weighted by molar-refractivity contribution is 7.13. The maximum absolute atomic E-state index is 12.9. The number of carbonyl (C=O) groups excluding carboxylic acids is 2. The molecule has 3 aromatic heterocycles. The van der Waals surface area contributed by atoms with E-state index >= 15 is 0 Å². The van der Waals surface area contributed by atoms with Crippen LogP contribution in [0, 0.1) is 6.92 Å². The van der Waals surface area contributed by atoms with Crippen LogP contribution in [0.5, 0.6) is 0 Å². The van der Waals surface area contributed by atoms with E-state index < -0.39 is 0 Å². The van der Waals surface area contributed by atoms with Crippen LogP contribution < -0.4 is 10.6 Å². The highest BCUT2D eigenvalue weighted by Gasteiger charge is 2.20. The molecule has 10 heteroatoms. The van der Waals surface area contributed by atoms with Gasteiger partial charge in [0.05, 0.1) is 34.8 Å². The second-order valence-electron chi connectivity index (χ2n) is 8.68. The van der Waals surface area contributed by atoms with Crippen LogP contribution in [0.1, 0.15) is 58.6 Å². The zero-order valence-corrected chi connectivity index (χ0v) is 21.6. The summed E-state index contributed by atoms with van der Waals surface area (Å²) in [6, 6.07) is 9.85. The topological polar surface area (TPSA) is 118 Å². The van der Waals surface area contributed by atoms with Gasteiger partial charge in [0.1, 0.15) is 10.7 Å². The number of aromatic amines is 1. The number of rotatable bonds is 11. The predicted octanol–water partition coefficient (Wildman–Crippen LogP) is 4.41. The molecule has 3 heterocycles. The van der Waals surface area contributed by atoms with Crippen molar-refractivity contribution in [2.75, 3.05) is 7.05 Å². The number of thiazole rings is 1. The highest BCUT2D eigenvalue weighted by Crippen LogP contribution is 2.26. The Morgan fingerprint density at radius 2 is 1.83 bits per heavy atom. The Morgan fingerprint density at radius 1 is 1.06 bits per heavy atom. The van der Waals surface area contributed by atoms with Crippen LogP contribution in [0.3, 0.4) is 0 Å². The summed E-state index contributed by atoms with van der Waals surface area (Å²) >= 11 is 1.37. The zero-order valence-electron chi connectivity index (χ0n) is 20.7. The molecule has 0 aliphatic carbocycles. The first-order valence-electron chi connectivity index (χ1n) is 12.0. The fraction of sp³-hybridized carbons (Fsp3) is 0.346. The Hall–Kier alpha value is -3.79. The Balaban J connectivity index is 1.46. The van der Waals surface area contributed by atoms with Crippen LogP contribution in [-0.2, 0) is 11.8 Å². The Morgan fingerprint density at radius 3 is 2.50 bits per heavy atom. The van der Waals surface area contributed by atoms with Gasteiger partial charge >= 0.3 is 0 Å². The van der Waals surface area contributed by atoms with E-state index in [0.717, 1.165) is 46.8 Å². The number of aromatic nitrogens is 5. The predicted molar refractivity (Wildman–Crippen MR) is 140 cm³/mol. The van der Waals surface area contributed by atoms with Gasteiger partial charge in [0.25, 0.3) is 5.91 Å². The lowest BCUT2D eigenvalue weighted by atomic mass is 10.1. The number of imidazole rings is 1. The number of hydrogen-bond acceptors (Lipinski definition) is 6. The smallest absolute Gasteiger partial charge is 0.263 e. The fourth-order valence-electron chi connectivity index (χ4n) is 3.96. The molecule has 4 aromatic rings. The number of nitrogens with one attached hydrogen (secondary N) is 3. The summed E-state index contributed by atoms with van der Waals surface area (Å²) < 4.78 is 1.78. The summed E-state index contributed by atoms with van der Waals surface area (Å²) in [5, 5.41) is 11.1. The van der Waals surface area contributed by atoms with Gasteiger partial charge in [0, 0.05) is 32.3 Å². The lowest BCUT2D eigenvalue weighted by Crippen LogP contribution is -2.28. The number of unbranched alkanes of at least 4 members (excludes halogenated alkanes) is 2. The van der Waals surface area contributed by atoms with Crippen molar-refractivity contribution >= 4 is 23.2 Å². The molecule has 0 saturated heterocycles. The molecule has 1 atom stereocenters. The average Bonchev–Trinajstić information content (AvgIpc) is 3.64. The number of benzene rings is 1. The fourth-order valence-corrected chi connectivity index (χ4v) is 4.64. The van der Waals surface area contributed by atoms with Gasteiger partial charge in [-0.2, -0.15) is 5.10 Å². The minimum absolute atomic E-state index is 0.0464. The highest BCUT2D eigenvalue weighted by atomic mass is 32.1. The lowest BCUT2D eigenvalue weighted by Gasteiger charge is -2.16. The second kappa shape index (κ2) is 11.8. The first kappa shape index (κ1) is 25.3. The van der Waals surface area contributed by atoms with Gasteiger partial charge in [-0.3, -0.25) is 14.3 Å². The molecule has 4 rings (SSSR count). The normalized spacial score (nSPS) is 11.9. The molecule has 36 heavy (non-hydrogen) atoms. The van der Waals surface area contributed by atoms with Gasteiger partial charge in [0.2, 0.25) is 5.91 Å². The molecule has 1 aromatic carbocycles. The van der Waals surface area contributed by atoms with Crippen LogP contribution in [0.15, 0.2) is 48.9 Å². The van der Waals surface area contributed by atoms with Crippen molar-refractivity contribution in [2.24, 2.45) is 7.05 Å². The van der Waals surface area contributed by atoms with Crippen molar-refractivity contribution in [3.63, 3.8) is 0 Å². The minimum atomic E-state index is -0.276. The maximum Gasteiger partial charge on any atom is 0.263 e. The van der Waals surface area contributed by atoms with Crippen LogP contribution in [-0.4, -0.2) is 43.6 Å². The summed E-state index contributed by atoms with van der Waals surface area (Å²) in [6.45, 7) is 1.88. The quantitative estimate of drug-likeness (QED) is 0.261. The van der Waals surface area contributed by atoms with Gasteiger partial charge in [-0.25, -0.2) is 9.97 Å². The molecule has 0 radical (unpaired) electrons. The SMILES string of the molecule is CNC(=O)CCCCCC(NC(=O)c1cnc(C)s1)c1ncc(-c2ccc(-c3ccn(C)n3)cc2)[nH]1. The summed E-state index contributed by atoms with van der Waals surface area (Å²) in [7, 11) is 3.55. The summed E-state index contributed by atoms with van der Waals surface area (Å²) in [4.78, 5) is 37.1. The second-order valence-corrected chi connectivity index (χ2v) is 9.91. The Kier molecular flexibility index (Phi) is 8.27. The van der Waals surface area contributed by atoms with Gasteiger partial charge in [-0.05, 0) is 31.4 Å². The summed E-state index contributed by atoms with van der Waals surface area (Å²) in [5.74, 6) is 0.596. The Labute approximate surface area is 214 Å². The van der Waals surface area contributed by atoms with Crippen molar-refractivity contribution in [3.8, 4) is 22.5 Å². The van der Waals surface area contributed by atoms with Crippen molar-refractivity contribution in [1.29, 1.82) is 0 Å². The molecule has 0 saturated carbocycles. The third kappa shape index (κ3) is 6.45. The van der Waals surface area contributed by atoms with E-state index in [1.807, 2.05) is 50.5 Å². The first-order valence-corrected chi connectivity index (χ1v) is 12.8. The van der Waals surface area contributed by atoms with Crippen molar-refractivity contribution in [1.82, 2.24) is 35.4 Å². The molecule has 0 spiro atoms. The Bertz CT molecular complexity index is 1310. The van der Waals surface area contributed by atoms with Gasteiger partial charge in [-0.15, -0.1) is 11.3 Å². The third-order valence-corrected chi connectivity index (χ3v) is 6.87. The molecule has 188 valence electrons. The van der Waals surface area contributed by atoms with E-state index in [4.69, 9.17) is 0 Å². The van der Waals surface area contributed by atoms with Gasteiger partial charge < -0.3 is 15.6 Å². The third-order valence-electron chi connectivity index (χ3n) is 5.96. The van der Waals surface area contributed by atoms with E-state index in [1.165, 1.54) is 11.3 Å². The number of carbonyl (C=O) groups is 2. The summed E-state index contributed by atoms with van der Waals surface area (Å²) in [6.07, 6.45) is 9.10. The van der Waals surface area contributed by atoms with Crippen LogP contribution >= 0.6 is 11.3 Å². The first-order chi connectivity index (χ1) is 17.4. The lowest BCUT2D eigenvalue weighted by molar-refractivity contribution is -0.120. The minimum Gasteiger partial charge on any atom is -0.359 e. The molecule has 2 amide bonds. The van der Waals surface area contributed by atoms with Crippen molar-refractivity contribution < 1.29 is 9.59 Å². The van der Waals surface area contributed by atoms with E-state index in [0.29, 0.717) is 23.5 Å². The number of nitrogens with zero attached hydrogens (tertiary/aromatic N) is 4. The molecule has 0 aliphatic heterocycles. The molecule has 9 nitrogen and oxygen atoms in total. The molecule has 3 N–H and O–H groups in total. The molecular formula is C26H31N7O2S. The van der Waals surface area contributed by atoms with Gasteiger partial charge in [-0.1, -0.05) is 37.1 Å². The van der Waals surface area contributed by atoms with Crippen LogP contribution in [0.25, 0.3) is 22.5 Å². The van der Waals surface area contributed by atoms with Crippen molar-refractivity contribution in [3.05, 3.63) is 64.6 Å². The molecule has 0 bridgehead atoms. The number of aryl methyl sites for hydroxylation is 2. The standard InChI is InChI=1S/C26H31N7O2S/c1-17-28-16-23(36-17)26(35)31-21(7-5-4-6-8-24(34)27-2)25-29-15-22(30-25)19-11-9-18(10-12-19)20-13-14-33(3)32-20/h9-16,21H,4-8H2,1-3H3,(H,27,34)(H,29,30)(H,31,35). The van der Waals surface area contributed by atoms with E-state index in [2.05, 4.69) is 30.7 Å². The van der Waals surface area contributed by atoms with Crippen molar-refractivity contribution in [2.45, 2.75) is 45.1 Å². The summed E-state index contributed by atoms with van der Waals surface area (Å²) in [5.41, 5.74) is 3.85. The number of H-pyrrole nitrogens is 1. The van der Waals surface area contributed by atoms with E-state index in [1.54, 1.807) is 24.1 Å². The van der Waals surface area contributed by atoms with E-state index in [-0.39, 0.29) is 17.9 Å². The molecule has 1 unspecified atom stereocenters. The number of amides is 2. The monoisotopic (exact) mass is 505 g/mol. The van der Waals surface area contributed by atoms with Crippen LogP contribution in [0.4, 0.5) is 0 Å². The number of hydrogen-bond donors (Lipinski definition) is 3. The zero-order chi connectivity index (χ0) is 25.5. The molecule has 0 fully saturated rings. The van der Waals surface area contributed by atoms with Crippen LogP contribution in [0.2, 0.25) is 0 Å². The van der Waals surface area contributed by atoms with E-state index in [9.17, 15) is 9.59 Å². The average molecular weight is 506 g/mol.